The highest BCUT2D eigenvalue weighted by Crippen LogP contribution is 2.27. The first-order valence-electron chi connectivity index (χ1n) is 12.1. The summed E-state index contributed by atoms with van der Waals surface area (Å²) in [7, 11) is 3.25. The normalized spacial score (nSPS) is 14.6. The molecule has 8 heteroatoms. The van der Waals surface area contributed by atoms with Gasteiger partial charge in [-0.3, -0.25) is 14.6 Å². The van der Waals surface area contributed by atoms with Crippen LogP contribution in [0, 0.1) is 0 Å². The Kier molecular flexibility index (Phi) is 8.75. The number of benzene rings is 2. The van der Waals surface area contributed by atoms with Crippen LogP contribution in [0.1, 0.15) is 5.56 Å². The van der Waals surface area contributed by atoms with Gasteiger partial charge in [-0.15, -0.1) is 0 Å². The number of hydrogen-bond acceptors (Lipinski definition) is 6. The van der Waals surface area contributed by atoms with Crippen molar-refractivity contribution in [2.75, 3.05) is 60.0 Å². The van der Waals surface area contributed by atoms with E-state index in [1.165, 1.54) is 0 Å². The molecule has 2 aromatic carbocycles. The van der Waals surface area contributed by atoms with E-state index >= 15 is 0 Å². The number of imidazole rings is 1. The molecule has 1 aliphatic heterocycles. The lowest BCUT2D eigenvalue weighted by atomic mass is 10.1. The predicted octanol–water partition coefficient (Wildman–Crippen LogP) is 2.54. The van der Waals surface area contributed by atoms with E-state index in [4.69, 9.17) is 9.47 Å². The van der Waals surface area contributed by atoms with Crippen LogP contribution in [0.3, 0.4) is 0 Å². The van der Waals surface area contributed by atoms with Gasteiger partial charge in [-0.25, -0.2) is 4.98 Å². The van der Waals surface area contributed by atoms with Crippen LogP contribution in [-0.2, 0) is 17.8 Å². The van der Waals surface area contributed by atoms with Crippen molar-refractivity contribution in [2.24, 2.45) is 0 Å². The number of methoxy groups -OCH3 is 2. The van der Waals surface area contributed by atoms with Gasteiger partial charge in [0.25, 0.3) is 0 Å². The molecule has 1 amide bonds. The zero-order chi connectivity index (χ0) is 24.5. The van der Waals surface area contributed by atoms with Crippen LogP contribution in [-0.4, -0.2) is 85.3 Å². The summed E-state index contributed by atoms with van der Waals surface area (Å²) < 4.78 is 12.8. The second-order valence-electron chi connectivity index (χ2n) is 8.72. The SMILES string of the molecule is COc1ccc(CCNC(=O)CN2CCN(CCn3ccnc3-c3ccccc3)CC2)cc1OC. The van der Waals surface area contributed by atoms with Gasteiger partial charge < -0.3 is 19.4 Å². The summed E-state index contributed by atoms with van der Waals surface area (Å²) in [6.45, 7) is 6.66. The quantitative estimate of drug-likeness (QED) is 0.458. The first-order chi connectivity index (χ1) is 17.2. The zero-order valence-corrected chi connectivity index (χ0v) is 20.7. The highest BCUT2D eigenvalue weighted by Gasteiger charge is 2.19. The standard InChI is InChI=1S/C27H35N5O3/c1-34-24-9-8-22(20-25(24)35-2)10-11-28-26(33)21-31-16-14-30(15-17-31)18-19-32-13-12-29-27(32)23-6-4-3-5-7-23/h3-9,12-13,20H,10-11,14-19,21H2,1-2H3,(H,28,33). The molecular formula is C27H35N5O3. The van der Waals surface area contributed by atoms with Crippen molar-refractivity contribution in [3.8, 4) is 22.9 Å². The van der Waals surface area contributed by atoms with Gasteiger partial charge in [0.1, 0.15) is 5.82 Å². The fourth-order valence-corrected chi connectivity index (χ4v) is 4.40. The molecule has 1 fully saturated rings. The molecule has 1 saturated heterocycles. The fraction of sp³-hybridized carbons (Fsp3) is 0.407. The molecule has 8 nitrogen and oxygen atoms in total. The number of piperazine rings is 1. The smallest absolute Gasteiger partial charge is 0.234 e. The number of ether oxygens (including phenoxy) is 2. The molecule has 0 aliphatic carbocycles. The van der Waals surface area contributed by atoms with Crippen molar-refractivity contribution in [1.29, 1.82) is 0 Å². The third-order valence-corrected chi connectivity index (χ3v) is 6.42. The number of hydrogen-bond donors (Lipinski definition) is 1. The van der Waals surface area contributed by atoms with E-state index in [9.17, 15) is 4.79 Å². The molecule has 3 aromatic rings. The summed E-state index contributed by atoms with van der Waals surface area (Å²) in [6.07, 6.45) is 4.66. The molecule has 0 atom stereocenters. The Morgan fingerprint density at radius 2 is 1.69 bits per heavy atom. The summed E-state index contributed by atoms with van der Waals surface area (Å²) in [5.74, 6) is 2.50. The Balaban J connectivity index is 1.15. The van der Waals surface area contributed by atoms with Crippen molar-refractivity contribution in [3.05, 3.63) is 66.5 Å². The van der Waals surface area contributed by atoms with Gasteiger partial charge in [-0.1, -0.05) is 36.4 Å². The maximum Gasteiger partial charge on any atom is 0.234 e. The molecule has 0 bridgehead atoms. The zero-order valence-electron chi connectivity index (χ0n) is 20.7. The Bertz CT molecular complexity index is 1080. The second kappa shape index (κ2) is 12.4. The first-order valence-corrected chi connectivity index (χ1v) is 12.1. The maximum atomic E-state index is 12.4. The molecule has 35 heavy (non-hydrogen) atoms. The molecule has 0 unspecified atom stereocenters. The number of carbonyl (C=O) groups excluding carboxylic acids is 1. The molecular weight excluding hydrogens is 442 g/mol. The number of amides is 1. The Morgan fingerprint density at radius 1 is 0.943 bits per heavy atom. The molecule has 186 valence electrons. The first kappa shape index (κ1) is 24.8. The van der Waals surface area contributed by atoms with Crippen LogP contribution in [0.5, 0.6) is 11.5 Å². The largest absolute Gasteiger partial charge is 0.493 e. The fourth-order valence-electron chi connectivity index (χ4n) is 4.40. The van der Waals surface area contributed by atoms with Crippen molar-refractivity contribution in [3.63, 3.8) is 0 Å². The topological polar surface area (TPSA) is 71.9 Å². The van der Waals surface area contributed by atoms with Crippen LogP contribution in [0.4, 0.5) is 0 Å². The van der Waals surface area contributed by atoms with Crippen LogP contribution < -0.4 is 14.8 Å². The van der Waals surface area contributed by atoms with E-state index in [1.807, 2.05) is 48.8 Å². The number of aromatic nitrogens is 2. The van der Waals surface area contributed by atoms with Crippen molar-refractivity contribution < 1.29 is 14.3 Å². The monoisotopic (exact) mass is 477 g/mol. The molecule has 1 N–H and O–H groups in total. The lowest BCUT2D eigenvalue weighted by molar-refractivity contribution is -0.122. The molecule has 0 radical (unpaired) electrons. The average Bonchev–Trinajstić information content (AvgIpc) is 3.37. The summed E-state index contributed by atoms with van der Waals surface area (Å²) in [6, 6.07) is 16.1. The van der Waals surface area contributed by atoms with E-state index < -0.39 is 0 Å². The Hall–Kier alpha value is -3.36. The van der Waals surface area contributed by atoms with Crippen LogP contribution >= 0.6 is 0 Å². The van der Waals surface area contributed by atoms with E-state index in [1.54, 1.807) is 14.2 Å². The second-order valence-corrected chi connectivity index (χ2v) is 8.72. The number of nitrogens with one attached hydrogen (secondary N) is 1. The minimum absolute atomic E-state index is 0.0739. The Morgan fingerprint density at radius 3 is 2.43 bits per heavy atom. The van der Waals surface area contributed by atoms with Gasteiger partial charge in [-0.2, -0.15) is 0 Å². The minimum Gasteiger partial charge on any atom is -0.493 e. The van der Waals surface area contributed by atoms with Gasteiger partial charge in [-0.05, 0) is 24.1 Å². The molecule has 4 rings (SSSR count). The molecule has 1 aliphatic rings. The highest BCUT2D eigenvalue weighted by atomic mass is 16.5. The van der Waals surface area contributed by atoms with E-state index in [0.717, 1.165) is 62.6 Å². The highest BCUT2D eigenvalue weighted by molar-refractivity contribution is 5.78. The number of rotatable bonds is 11. The van der Waals surface area contributed by atoms with Crippen LogP contribution in [0.15, 0.2) is 60.9 Å². The van der Waals surface area contributed by atoms with E-state index in [0.29, 0.717) is 24.6 Å². The maximum absolute atomic E-state index is 12.4. The predicted molar refractivity (Wildman–Crippen MR) is 137 cm³/mol. The minimum atomic E-state index is 0.0739. The number of nitrogens with zero attached hydrogens (tertiary/aromatic N) is 4. The summed E-state index contributed by atoms with van der Waals surface area (Å²) in [5.41, 5.74) is 2.24. The van der Waals surface area contributed by atoms with Gasteiger partial charge in [0.2, 0.25) is 5.91 Å². The summed E-state index contributed by atoms with van der Waals surface area (Å²) >= 11 is 0. The summed E-state index contributed by atoms with van der Waals surface area (Å²) in [4.78, 5) is 21.7. The van der Waals surface area contributed by atoms with Crippen molar-refractivity contribution in [2.45, 2.75) is 13.0 Å². The average molecular weight is 478 g/mol. The molecule has 0 spiro atoms. The van der Waals surface area contributed by atoms with Gasteiger partial charge in [0, 0.05) is 63.8 Å². The van der Waals surface area contributed by atoms with Crippen LogP contribution in [0.25, 0.3) is 11.4 Å². The molecule has 0 saturated carbocycles. The molecule has 2 heterocycles. The lowest BCUT2D eigenvalue weighted by Gasteiger charge is -2.34. The van der Waals surface area contributed by atoms with E-state index in [2.05, 4.69) is 36.8 Å². The van der Waals surface area contributed by atoms with Crippen molar-refractivity contribution in [1.82, 2.24) is 24.7 Å². The third-order valence-electron chi connectivity index (χ3n) is 6.42. The van der Waals surface area contributed by atoms with Gasteiger partial charge in [0.05, 0.1) is 20.8 Å². The molecule has 1 aromatic heterocycles. The third kappa shape index (κ3) is 6.83. The summed E-state index contributed by atoms with van der Waals surface area (Å²) in [5, 5.41) is 3.04. The lowest BCUT2D eigenvalue weighted by Crippen LogP contribution is -2.50. The van der Waals surface area contributed by atoms with Gasteiger partial charge >= 0.3 is 0 Å². The Labute approximate surface area is 207 Å². The van der Waals surface area contributed by atoms with Crippen LogP contribution in [0.2, 0.25) is 0 Å². The van der Waals surface area contributed by atoms with E-state index in [-0.39, 0.29) is 5.91 Å². The number of carbonyl (C=O) groups is 1. The van der Waals surface area contributed by atoms with Crippen molar-refractivity contribution >= 4 is 5.91 Å². The van der Waals surface area contributed by atoms with Gasteiger partial charge in [0.15, 0.2) is 11.5 Å².